The Bertz CT molecular complexity index is 1290. The van der Waals surface area contributed by atoms with Gasteiger partial charge in [-0.25, -0.2) is 4.98 Å². The van der Waals surface area contributed by atoms with Gasteiger partial charge in [0, 0.05) is 51.2 Å². The van der Waals surface area contributed by atoms with Crippen LogP contribution in [0.5, 0.6) is 0 Å². The predicted octanol–water partition coefficient (Wildman–Crippen LogP) is 3.46. The van der Waals surface area contributed by atoms with E-state index in [-0.39, 0.29) is 43.1 Å². The van der Waals surface area contributed by atoms with Crippen LogP contribution in [0.15, 0.2) is 61.2 Å². The molecular formula is C28H31N5O3. The fourth-order valence-electron chi connectivity index (χ4n) is 5.74. The molecule has 0 radical (unpaired) electrons. The van der Waals surface area contributed by atoms with Crippen LogP contribution >= 0.6 is 0 Å². The first-order valence-electron chi connectivity index (χ1n) is 12.5. The lowest BCUT2D eigenvalue weighted by molar-refractivity contribution is -0.144. The van der Waals surface area contributed by atoms with Crippen LogP contribution in [-0.4, -0.2) is 48.6 Å². The maximum Gasteiger partial charge on any atom is 0.241 e. The first-order valence-corrected chi connectivity index (χ1v) is 12.5. The number of aromatic nitrogens is 3. The van der Waals surface area contributed by atoms with E-state index in [0.717, 1.165) is 41.8 Å². The predicted molar refractivity (Wildman–Crippen MR) is 133 cm³/mol. The summed E-state index contributed by atoms with van der Waals surface area (Å²) < 4.78 is 1.95. The van der Waals surface area contributed by atoms with Crippen molar-refractivity contribution in [2.75, 3.05) is 6.54 Å². The molecule has 3 amide bonds. The summed E-state index contributed by atoms with van der Waals surface area (Å²) in [6.07, 6.45) is 9.61. The zero-order chi connectivity index (χ0) is 25.3. The van der Waals surface area contributed by atoms with Crippen LogP contribution in [0.3, 0.4) is 0 Å². The Morgan fingerprint density at radius 3 is 2.58 bits per heavy atom. The van der Waals surface area contributed by atoms with E-state index in [1.165, 1.54) is 4.90 Å². The molecule has 2 aromatic heterocycles. The SMILES string of the molecule is Cc1ccccc1C1(CC(=O)N2CCCCC2c2nccn2C)CC(=O)N(Cc2ccncc2)C1=O. The summed E-state index contributed by atoms with van der Waals surface area (Å²) in [5.74, 6) is 0.170. The number of amides is 3. The summed E-state index contributed by atoms with van der Waals surface area (Å²) >= 11 is 0. The lowest BCUT2D eigenvalue weighted by Gasteiger charge is -2.38. The lowest BCUT2D eigenvalue weighted by atomic mass is 9.73. The molecule has 186 valence electrons. The van der Waals surface area contributed by atoms with Crippen molar-refractivity contribution in [1.82, 2.24) is 24.3 Å². The van der Waals surface area contributed by atoms with E-state index in [1.54, 1.807) is 30.7 Å². The summed E-state index contributed by atoms with van der Waals surface area (Å²) in [5.41, 5.74) is 1.25. The normalized spacial score (nSPS) is 22.3. The van der Waals surface area contributed by atoms with Crippen LogP contribution in [0.25, 0.3) is 0 Å². The number of rotatable bonds is 6. The molecule has 0 N–H and O–H groups in total. The second-order valence-electron chi connectivity index (χ2n) is 9.89. The van der Waals surface area contributed by atoms with E-state index in [1.807, 2.05) is 53.9 Å². The minimum Gasteiger partial charge on any atom is -0.336 e. The van der Waals surface area contributed by atoms with Crippen molar-refractivity contribution < 1.29 is 14.4 Å². The molecule has 0 saturated carbocycles. The number of carbonyl (C=O) groups is 3. The monoisotopic (exact) mass is 485 g/mol. The number of imide groups is 1. The Balaban J connectivity index is 1.50. The minimum atomic E-state index is -1.23. The maximum atomic E-state index is 14.1. The largest absolute Gasteiger partial charge is 0.336 e. The molecular weight excluding hydrogens is 454 g/mol. The highest BCUT2D eigenvalue weighted by Crippen LogP contribution is 2.43. The number of benzene rings is 1. The van der Waals surface area contributed by atoms with Crippen LogP contribution < -0.4 is 0 Å². The van der Waals surface area contributed by atoms with Gasteiger partial charge in [-0.15, -0.1) is 0 Å². The van der Waals surface area contributed by atoms with E-state index >= 15 is 0 Å². The summed E-state index contributed by atoms with van der Waals surface area (Å²) in [5, 5.41) is 0. The Kier molecular flexibility index (Phi) is 6.43. The summed E-state index contributed by atoms with van der Waals surface area (Å²) in [6, 6.07) is 11.1. The summed E-state index contributed by atoms with van der Waals surface area (Å²) in [7, 11) is 1.94. The first-order chi connectivity index (χ1) is 17.4. The molecule has 0 bridgehead atoms. The van der Waals surface area contributed by atoms with E-state index in [2.05, 4.69) is 9.97 Å². The zero-order valence-corrected chi connectivity index (χ0v) is 20.8. The van der Waals surface area contributed by atoms with Crippen LogP contribution in [0.1, 0.15) is 60.7 Å². The molecule has 2 unspecified atom stereocenters. The van der Waals surface area contributed by atoms with Crippen LogP contribution in [0.2, 0.25) is 0 Å². The van der Waals surface area contributed by atoms with Crippen LogP contribution in [-0.2, 0) is 33.4 Å². The highest BCUT2D eigenvalue weighted by atomic mass is 16.2. The van der Waals surface area contributed by atoms with Gasteiger partial charge in [0.05, 0.1) is 18.0 Å². The average molecular weight is 486 g/mol. The number of hydrogen-bond acceptors (Lipinski definition) is 5. The van der Waals surface area contributed by atoms with E-state index in [0.29, 0.717) is 6.54 Å². The quantitative estimate of drug-likeness (QED) is 0.499. The second-order valence-corrected chi connectivity index (χ2v) is 9.89. The van der Waals surface area contributed by atoms with Gasteiger partial charge in [-0.05, 0) is 55.0 Å². The summed E-state index contributed by atoms with van der Waals surface area (Å²) in [6.45, 7) is 2.72. The third-order valence-corrected chi connectivity index (χ3v) is 7.59. The molecule has 2 aliphatic heterocycles. The molecule has 0 spiro atoms. The number of likely N-dealkylation sites (tertiary alicyclic amines) is 2. The second kappa shape index (κ2) is 9.68. The fraction of sp³-hybridized carbons (Fsp3) is 0.393. The third-order valence-electron chi connectivity index (χ3n) is 7.59. The Labute approximate surface area is 211 Å². The van der Waals surface area contributed by atoms with Gasteiger partial charge in [0.25, 0.3) is 0 Å². The molecule has 8 heteroatoms. The lowest BCUT2D eigenvalue weighted by Crippen LogP contribution is -2.46. The summed E-state index contributed by atoms with van der Waals surface area (Å²) in [4.78, 5) is 53.1. The first kappa shape index (κ1) is 23.9. The third kappa shape index (κ3) is 4.21. The van der Waals surface area contributed by atoms with E-state index in [4.69, 9.17) is 0 Å². The van der Waals surface area contributed by atoms with Gasteiger partial charge in [0.1, 0.15) is 5.82 Å². The Morgan fingerprint density at radius 2 is 1.86 bits per heavy atom. The van der Waals surface area contributed by atoms with Crippen molar-refractivity contribution in [3.8, 4) is 0 Å². The Morgan fingerprint density at radius 1 is 1.08 bits per heavy atom. The number of imidazole rings is 1. The molecule has 5 rings (SSSR count). The molecule has 2 fully saturated rings. The average Bonchev–Trinajstić information content (AvgIpc) is 3.41. The van der Waals surface area contributed by atoms with Crippen molar-refractivity contribution in [2.24, 2.45) is 7.05 Å². The molecule has 8 nitrogen and oxygen atoms in total. The number of hydrogen-bond donors (Lipinski definition) is 0. The van der Waals surface area contributed by atoms with Gasteiger partial charge < -0.3 is 9.47 Å². The minimum absolute atomic E-state index is 0.0194. The number of nitrogens with zero attached hydrogens (tertiary/aromatic N) is 5. The molecule has 1 aromatic carbocycles. The van der Waals surface area contributed by atoms with Gasteiger partial charge >= 0.3 is 0 Å². The van der Waals surface area contributed by atoms with Gasteiger partial charge in [0.15, 0.2) is 0 Å². The van der Waals surface area contributed by atoms with Crippen molar-refractivity contribution in [1.29, 1.82) is 0 Å². The van der Waals surface area contributed by atoms with Gasteiger partial charge in [-0.1, -0.05) is 24.3 Å². The molecule has 4 heterocycles. The molecule has 0 aliphatic carbocycles. The van der Waals surface area contributed by atoms with Crippen LogP contribution in [0.4, 0.5) is 0 Å². The van der Waals surface area contributed by atoms with Crippen molar-refractivity contribution >= 4 is 17.7 Å². The molecule has 36 heavy (non-hydrogen) atoms. The van der Waals surface area contributed by atoms with Crippen molar-refractivity contribution in [3.63, 3.8) is 0 Å². The Hall–Kier alpha value is -3.81. The van der Waals surface area contributed by atoms with Crippen LogP contribution in [0, 0.1) is 6.92 Å². The molecule has 2 atom stereocenters. The zero-order valence-electron chi connectivity index (χ0n) is 20.8. The smallest absolute Gasteiger partial charge is 0.241 e. The maximum absolute atomic E-state index is 14.1. The number of carbonyl (C=O) groups excluding carboxylic acids is 3. The van der Waals surface area contributed by atoms with Gasteiger partial charge in [0.2, 0.25) is 17.7 Å². The molecule has 2 aliphatic rings. The highest BCUT2D eigenvalue weighted by Gasteiger charge is 2.55. The van der Waals surface area contributed by atoms with Gasteiger partial charge in [-0.2, -0.15) is 0 Å². The molecule has 3 aromatic rings. The number of aryl methyl sites for hydroxylation is 2. The standard InChI is InChI=1S/C28H31N5O3/c1-20-7-3-4-8-22(20)28(18-25(35)33(27(28)36)19-21-10-12-29-13-11-21)17-24(34)32-15-6-5-9-23(32)26-30-14-16-31(26)2/h3-4,7-8,10-14,16,23H,5-6,9,15,17-19H2,1-2H3. The van der Waals surface area contributed by atoms with Crippen molar-refractivity contribution in [2.45, 2.75) is 57.0 Å². The van der Waals surface area contributed by atoms with E-state index in [9.17, 15) is 14.4 Å². The van der Waals surface area contributed by atoms with Crippen molar-refractivity contribution in [3.05, 3.63) is 83.7 Å². The fourth-order valence-corrected chi connectivity index (χ4v) is 5.74. The number of pyridine rings is 1. The number of piperidine rings is 1. The highest BCUT2D eigenvalue weighted by molar-refractivity contribution is 6.10. The topological polar surface area (TPSA) is 88.4 Å². The van der Waals surface area contributed by atoms with Gasteiger partial charge in [-0.3, -0.25) is 24.3 Å². The van der Waals surface area contributed by atoms with E-state index < -0.39 is 5.41 Å². The molecule has 2 saturated heterocycles.